The van der Waals surface area contributed by atoms with Crippen molar-refractivity contribution in [1.29, 1.82) is 0 Å². The van der Waals surface area contributed by atoms with Gasteiger partial charge in [0.2, 0.25) is 10.0 Å². The molecule has 0 bridgehead atoms. The summed E-state index contributed by atoms with van der Waals surface area (Å²) in [6.07, 6.45) is 2.67. The summed E-state index contributed by atoms with van der Waals surface area (Å²) in [6.45, 7) is 7.07. The van der Waals surface area contributed by atoms with Gasteiger partial charge in [0.15, 0.2) is 0 Å². The van der Waals surface area contributed by atoms with E-state index < -0.39 is 18.1 Å². The van der Waals surface area contributed by atoms with Gasteiger partial charge in [-0.1, -0.05) is 19.6 Å². The van der Waals surface area contributed by atoms with E-state index in [9.17, 15) is 13.5 Å². The van der Waals surface area contributed by atoms with Gasteiger partial charge in [-0.3, -0.25) is 4.72 Å². The monoisotopic (exact) mass is 354 g/mol. The van der Waals surface area contributed by atoms with Crippen molar-refractivity contribution in [3.05, 3.63) is 23.8 Å². The van der Waals surface area contributed by atoms with E-state index in [1.165, 1.54) is 10.9 Å². The number of sulfonamides is 1. The lowest BCUT2D eigenvalue weighted by Crippen LogP contribution is -2.44. The molecule has 0 amide bonds. The highest BCUT2D eigenvalue weighted by Crippen LogP contribution is 2.26. The van der Waals surface area contributed by atoms with Crippen LogP contribution in [0.2, 0.25) is 19.6 Å². The largest absolute Gasteiger partial charge is 0.396 e. The Morgan fingerprint density at radius 1 is 1.26 bits per heavy atom. The molecule has 128 valence electrons. The summed E-state index contributed by atoms with van der Waals surface area (Å²) in [6, 6.07) is 5.68. The summed E-state index contributed by atoms with van der Waals surface area (Å²) in [5.41, 5.74) is 2.93. The number of fused-ring (bicyclic) bond motifs is 1. The van der Waals surface area contributed by atoms with E-state index in [1.54, 1.807) is 6.07 Å². The Kier molecular flexibility index (Phi) is 4.94. The van der Waals surface area contributed by atoms with Crippen molar-refractivity contribution in [2.45, 2.75) is 32.5 Å². The van der Waals surface area contributed by atoms with Crippen LogP contribution in [0.5, 0.6) is 0 Å². The molecule has 0 atom stereocenters. The number of benzene rings is 1. The highest BCUT2D eigenvalue weighted by atomic mass is 32.2. The smallest absolute Gasteiger partial charge is 0.229 e. The van der Waals surface area contributed by atoms with Crippen molar-refractivity contribution in [1.82, 2.24) is 4.57 Å². The molecule has 2 aromatic rings. The number of aryl methyl sites for hydroxylation is 2. The topological polar surface area (TPSA) is 71.3 Å². The molecule has 0 saturated carbocycles. The Labute approximate surface area is 139 Å². The number of aliphatic hydroxyl groups excluding tert-OH is 1. The second-order valence-corrected chi connectivity index (χ2v) is 13.8. The predicted octanol–water partition coefficient (Wildman–Crippen LogP) is 2.02. The molecule has 0 saturated heterocycles. The average Bonchev–Trinajstić information content (AvgIpc) is 2.66. The van der Waals surface area contributed by atoms with Crippen molar-refractivity contribution < 1.29 is 13.5 Å². The number of hydrogen-bond acceptors (Lipinski definition) is 3. The summed E-state index contributed by atoms with van der Waals surface area (Å²) < 4.78 is 27.7. The zero-order valence-electron chi connectivity index (χ0n) is 14.5. The van der Waals surface area contributed by atoms with Crippen LogP contribution in [-0.2, 0) is 23.5 Å². The quantitative estimate of drug-likeness (QED) is 0.780. The van der Waals surface area contributed by atoms with E-state index in [0.29, 0.717) is 12.1 Å². The number of nitrogens with one attached hydrogen (secondary N) is 1. The molecule has 5 nitrogen and oxygen atoms in total. The maximum absolute atomic E-state index is 11.5. The predicted molar refractivity (Wildman–Crippen MR) is 99.8 cm³/mol. The summed E-state index contributed by atoms with van der Waals surface area (Å²) in [7, 11) is -2.80. The maximum Gasteiger partial charge on any atom is 0.229 e. The lowest BCUT2D eigenvalue weighted by molar-refractivity contribution is 0.289. The van der Waals surface area contributed by atoms with Crippen molar-refractivity contribution in [3.63, 3.8) is 0 Å². The molecule has 0 aliphatic rings. The van der Waals surface area contributed by atoms with E-state index in [2.05, 4.69) is 36.0 Å². The second-order valence-electron chi connectivity index (χ2n) is 7.07. The van der Waals surface area contributed by atoms with E-state index in [-0.39, 0.29) is 6.61 Å². The average molecular weight is 355 g/mol. The van der Waals surface area contributed by atoms with Gasteiger partial charge < -0.3 is 9.67 Å². The van der Waals surface area contributed by atoms with Gasteiger partial charge in [0.05, 0.1) is 14.3 Å². The van der Waals surface area contributed by atoms with Gasteiger partial charge in [-0.25, -0.2) is 8.42 Å². The van der Waals surface area contributed by atoms with Crippen LogP contribution in [0.25, 0.3) is 10.9 Å². The summed E-state index contributed by atoms with van der Waals surface area (Å²) >= 11 is 0. The molecule has 7 heteroatoms. The van der Waals surface area contributed by atoms with Crippen LogP contribution in [0.15, 0.2) is 18.2 Å². The normalized spacial score (nSPS) is 12.8. The summed E-state index contributed by atoms with van der Waals surface area (Å²) in [4.78, 5) is 0. The molecule has 0 fully saturated rings. The van der Waals surface area contributed by atoms with Gasteiger partial charge >= 0.3 is 0 Å². The maximum atomic E-state index is 11.5. The minimum atomic E-state index is -3.30. The fourth-order valence-corrected chi connectivity index (χ4v) is 6.11. The molecule has 23 heavy (non-hydrogen) atoms. The van der Waals surface area contributed by atoms with Gasteiger partial charge in [-0.2, -0.15) is 0 Å². The molecule has 2 N–H and O–H groups in total. The van der Waals surface area contributed by atoms with Gasteiger partial charge in [0.1, 0.15) is 0 Å². The number of hydrogen-bond donors (Lipinski definition) is 2. The Hall–Kier alpha value is -1.31. The molecule has 1 aromatic carbocycles. The first-order valence-electron chi connectivity index (χ1n) is 7.75. The highest BCUT2D eigenvalue weighted by Gasteiger charge is 2.26. The molecular formula is C16H26N2O3SSi. The van der Waals surface area contributed by atoms with Gasteiger partial charge in [-0.15, -0.1) is 0 Å². The lowest BCUT2D eigenvalue weighted by atomic mass is 10.1. The molecule has 0 aliphatic carbocycles. The first kappa shape index (κ1) is 18.0. The van der Waals surface area contributed by atoms with Crippen LogP contribution in [0.3, 0.4) is 0 Å². The molecule has 0 aliphatic heterocycles. The van der Waals surface area contributed by atoms with Crippen LogP contribution in [0.4, 0.5) is 5.69 Å². The Balaban J connectivity index is 2.69. The fraction of sp³-hybridized carbons (Fsp3) is 0.500. The highest BCUT2D eigenvalue weighted by molar-refractivity contribution is 7.92. The number of aromatic nitrogens is 1. The molecule has 0 radical (unpaired) electrons. The third-order valence-electron chi connectivity index (χ3n) is 3.90. The summed E-state index contributed by atoms with van der Waals surface area (Å²) in [5, 5.41) is 11.7. The molecule has 1 heterocycles. The third-order valence-corrected chi connectivity index (χ3v) is 6.57. The molecule has 1 aromatic heterocycles. The van der Waals surface area contributed by atoms with Crippen LogP contribution in [0.1, 0.15) is 12.0 Å². The van der Waals surface area contributed by atoms with E-state index in [1.807, 2.05) is 12.1 Å². The van der Waals surface area contributed by atoms with Gasteiger partial charge in [-0.05, 0) is 36.6 Å². The van der Waals surface area contributed by atoms with Gasteiger partial charge in [0.25, 0.3) is 0 Å². The zero-order valence-corrected chi connectivity index (χ0v) is 16.3. The van der Waals surface area contributed by atoms with Crippen molar-refractivity contribution >= 4 is 40.0 Å². The minimum Gasteiger partial charge on any atom is -0.396 e. The number of nitrogens with zero attached hydrogens (tertiary/aromatic N) is 1. The molecule has 2 rings (SSSR count). The van der Waals surface area contributed by atoms with E-state index in [4.69, 9.17) is 0 Å². The molecule has 0 spiro atoms. The molecule has 0 unspecified atom stereocenters. The zero-order chi connectivity index (χ0) is 17.4. The van der Waals surface area contributed by atoms with Crippen LogP contribution >= 0.6 is 0 Å². The number of anilines is 1. The van der Waals surface area contributed by atoms with Crippen LogP contribution < -0.4 is 10.0 Å². The lowest BCUT2D eigenvalue weighted by Gasteiger charge is -2.20. The third kappa shape index (κ3) is 3.96. The number of aliphatic hydroxyl groups is 1. The van der Waals surface area contributed by atoms with Crippen molar-refractivity contribution in [3.8, 4) is 0 Å². The first-order chi connectivity index (χ1) is 10.5. The number of rotatable bonds is 6. The van der Waals surface area contributed by atoms with Crippen molar-refractivity contribution in [2.24, 2.45) is 7.05 Å². The Bertz CT molecular complexity index is 820. The van der Waals surface area contributed by atoms with E-state index >= 15 is 0 Å². The Morgan fingerprint density at radius 3 is 2.43 bits per heavy atom. The fourth-order valence-electron chi connectivity index (χ4n) is 3.26. The Morgan fingerprint density at radius 2 is 1.91 bits per heavy atom. The minimum absolute atomic E-state index is 0.156. The SMILES string of the molecule is Cn1c([Si](C)(C)C)c(CCCO)c2cc(NS(C)(=O)=O)ccc21. The second kappa shape index (κ2) is 6.30. The van der Waals surface area contributed by atoms with Crippen LogP contribution in [-0.4, -0.2) is 39.0 Å². The van der Waals surface area contributed by atoms with Gasteiger partial charge in [0, 0.05) is 35.6 Å². The van der Waals surface area contributed by atoms with E-state index in [0.717, 1.165) is 23.6 Å². The molecular weight excluding hydrogens is 328 g/mol. The first-order valence-corrected chi connectivity index (χ1v) is 13.1. The van der Waals surface area contributed by atoms with Crippen molar-refractivity contribution in [2.75, 3.05) is 17.6 Å². The summed E-state index contributed by atoms with van der Waals surface area (Å²) in [5.74, 6) is 0. The van der Waals surface area contributed by atoms with Crippen LogP contribution in [0, 0.1) is 0 Å². The standard InChI is InChI=1S/C16H26N2O3SSi/c1-18-15-9-8-12(17-22(2,20)21)11-14(15)13(7-6-10-19)16(18)23(3,4)5/h8-9,11,17,19H,6-7,10H2,1-5H3.